The molecule has 9 nitrogen and oxygen atoms in total. The molecule has 1 aliphatic heterocycles. The summed E-state index contributed by atoms with van der Waals surface area (Å²) in [7, 11) is 0. The van der Waals surface area contributed by atoms with Gasteiger partial charge in [-0.2, -0.15) is 0 Å². The van der Waals surface area contributed by atoms with Crippen LogP contribution in [0.25, 0.3) is 0 Å². The monoisotopic (exact) mass is 349 g/mol. The third kappa shape index (κ3) is 5.20. The first-order chi connectivity index (χ1) is 11.9. The van der Waals surface area contributed by atoms with Gasteiger partial charge in [-0.05, 0) is 12.5 Å². The van der Waals surface area contributed by atoms with Crippen molar-refractivity contribution in [3.63, 3.8) is 0 Å². The van der Waals surface area contributed by atoms with Crippen molar-refractivity contribution in [3.05, 3.63) is 35.9 Å². The van der Waals surface area contributed by atoms with Crippen molar-refractivity contribution in [2.75, 3.05) is 0 Å². The molecule has 0 aromatic heterocycles. The van der Waals surface area contributed by atoms with E-state index in [1.165, 1.54) is 13.8 Å². The van der Waals surface area contributed by atoms with Crippen LogP contribution in [-0.4, -0.2) is 42.2 Å². The molecule has 1 fully saturated rings. The summed E-state index contributed by atoms with van der Waals surface area (Å²) in [5.41, 5.74) is 0.810. The fraction of sp³-hybridized carbons (Fsp3) is 0.375. The van der Waals surface area contributed by atoms with Gasteiger partial charge in [0.2, 0.25) is 12.1 Å². The number of amides is 3. The van der Waals surface area contributed by atoms with Crippen LogP contribution in [0, 0.1) is 0 Å². The Bertz CT molecular complexity index is 663. The molecule has 0 spiro atoms. The highest BCUT2D eigenvalue weighted by Gasteiger charge is 2.43. The Balaban J connectivity index is 1.76. The lowest BCUT2D eigenvalue weighted by molar-refractivity contribution is -0.164. The number of carbonyl (C=O) groups is 4. The van der Waals surface area contributed by atoms with Gasteiger partial charge in [0, 0.05) is 6.92 Å². The number of rotatable bonds is 6. The minimum atomic E-state index is -0.985. The Kier molecular flexibility index (Phi) is 5.93. The van der Waals surface area contributed by atoms with E-state index in [1.807, 2.05) is 18.2 Å². The van der Waals surface area contributed by atoms with E-state index < -0.39 is 42.2 Å². The molecule has 2 rings (SSSR count). The molecule has 0 bridgehead atoms. The summed E-state index contributed by atoms with van der Waals surface area (Å²) in [6.45, 7) is 2.70. The fourth-order valence-electron chi connectivity index (χ4n) is 2.06. The highest BCUT2D eigenvalue weighted by atomic mass is 16.6. The highest BCUT2D eigenvalue weighted by molar-refractivity contribution is 5.95. The van der Waals surface area contributed by atoms with Crippen molar-refractivity contribution >= 4 is 23.9 Å². The largest absolute Gasteiger partial charge is 0.445 e. The van der Waals surface area contributed by atoms with Crippen molar-refractivity contribution in [2.24, 2.45) is 0 Å². The Morgan fingerprint density at radius 3 is 2.52 bits per heavy atom. The number of hydrogen-bond acceptors (Lipinski definition) is 6. The van der Waals surface area contributed by atoms with Gasteiger partial charge in [0.1, 0.15) is 12.6 Å². The molecule has 0 radical (unpaired) electrons. The molecule has 25 heavy (non-hydrogen) atoms. The smallest absolute Gasteiger partial charge is 0.408 e. The van der Waals surface area contributed by atoms with Crippen LogP contribution >= 0.6 is 0 Å². The summed E-state index contributed by atoms with van der Waals surface area (Å²) >= 11 is 0. The Labute approximate surface area is 144 Å². The Morgan fingerprint density at radius 1 is 1.24 bits per heavy atom. The van der Waals surface area contributed by atoms with Gasteiger partial charge in [-0.3, -0.25) is 14.4 Å². The lowest BCUT2D eigenvalue weighted by atomic mass is 10.1. The number of ether oxygens (including phenoxy) is 2. The molecule has 1 aliphatic rings. The number of carbonyl (C=O) groups excluding carboxylic acids is 4. The van der Waals surface area contributed by atoms with Crippen LogP contribution in [-0.2, 0) is 30.5 Å². The molecule has 1 saturated heterocycles. The average Bonchev–Trinajstić information content (AvgIpc) is 2.57. The zero-order valence-electron chi connectivity index (χ0n) is 13.8. The zero-order valence-corrected chi connectivity index (χ0v) is 13.8. The van der Waals surface area contributed by atoms with Gasteiger partial charge in [0.15, 0.2) is 6.04 Å². The SMILES string of the molecule is CC(=O)O[C@@H]1NC(=O)[C@H]1NC(=O)[C@H](C)NC(=O)OCc1ccccc1. The third-order valence-electron chi connectivity index (χ3n) is 3.40. The molecule has 1 heterocycles. The molecule has 3 N–H and O–H groups in total. The maximum Gasteiger partial charge on any atom is 0.408 e. The number of hydrogen-bond donors (Lipinski definition) is 3. The fourth-order valence-corrected chi connectivity index (χ4v) is 2.06. The Morgan fingerprint density at radius 2 is 1.92 bits per heavy atom. The molecule has 9 heteroatoms. The first-order valence-corrected chi connectivity index (χ1v) is 7.62. The first-order valence-electron chi connectivity index (χ1n) is 7.62. The first kappa shape index (κ1) is 18.2. The lowest BCUT2D eigenvalue weighted by Gasteiger charge is -2.36. The van der Waals surface area contributed by atoms with Crippen molar-refractivity contribution < 1.29 is 28.7 Å². The maximum atomic E-state index is 12.0. The van der Waals surface area contributed by atoms with Crippen molar-refractivity contribution in [3.8, 4) is 0 Å². The van der Waals surface area contributed by atoms with Crippen LogP contribution in [0.1, 0.15) is 19.4 Å². The second-order valence-electron chi connectivity index (χ2n) is 5.45. The Hall–Kier alpha value is -3.10. The minimum Gasteiger partial charge on any atom is -0.445 e. The van der Waals surface area contributed by atoms with Gasteiger partial charge in [-0.1, -0.05) is 30.3 Å². The molecule has 1 aromatic rings. The van der Waals surface area contributed by atoms with Gasteiger partial charge in [0.05, 0.1) is 0 Å². The van der Waals surface area contributed by atoms with Crippen LogP contribution in [0.4, 0.5) is 4.79 Å². The molecular weight excluding hydrogens is 330 g/mol. The number of esters is 1. The van der Waals surface area contributed by atoms with E-state index in [9.17, 15) is 19.2 Å². The van der Waals surface area contributed by atoms with E-state index in [0.29, 0.717) is 0 Å². The lowest BCUT2D eigenvalue weighted by Crippen LogP contribution is -2.71. The molecule has 0 aliphatic carbocycles. The van der Waals surface area contributed by atoms with Crippen molar-refractivity contribution in [2.45, 2.75) is 38.8 Å². The number of alkyl carbamates (subject to hydrolysis) is 1. The third-order valence-corrected chi connectivity index (χ3v) is 3.40. The molecular formula is C16H19N3O6. The predicted molar refractivity (Wildman–Crippen MR) is 84.9 cm³/mol. The predicted octanol–water partition coefficient (Wildman–Crippen LogP) is -0.195. The highest BCUT2D eigenvalue weighted by Crippen LogP contribution is 2.08. The van der Waals surface area contributed by atoms with E-state index >= 15 is 0 Å². The summed E-state index contributed by atoms with van der Waals surface area (Å²) in [5, 5.41) is 7.10. The molecule has 134 valence electrons. The number of β-lactam (4-membered cyclic amide) rings is 1. The van der Waals surface area contributed by atoms with Gasteiger partial charge in [0.25, 0.3) is 5.91 Å². The van der Waals surface area contributed by atoms with Crippen LogP contribution < -0.4 is 16.0 Å². The molecule has 1 aromatic carbocycles. The van der Waals surface area contributed by atoms with Crippen molar-refractivity contribution in [1.82, 2.24) is 16.0 Å². The molecule has 3 atom stereocenters. The quantitative estimate of drug-likeness (QED) is 0.483. The average molecular weight is 349 g/mol. The summed E-state index contributed by atoms with van der Waals surface area (Å²) in [5.74, 6) is -1.66. The number of nitrogens with one attached hydrogen (secondary N) is 3. The normalized spacial score (nSPS) is 19.7. The summed E-state index contributed by atoms with van der Waals surface area (Å²) in [6.07, 6.45) is -1.67. The van der Waals surface area contributed by atoms with Gasteiger partial charge < -0.3 is 25.4 Å². The molecule has 3 amide bonds. The van der Waals surface area contributed by atoms with Crippen LogP contribution in [0.3, 0.4) is 0 Å². The second kappa shape index (κ2) is 8.13. The van der Waals surface area contributed by atoms with Gasteiger partial charge in [-0.15, -0.1) is 0 Å². The van der Waals surface area contributed by atoms with E-state index in [4.69, 9.17) is 9.47 Å². The van der Waals surface area contributed by atoms with Gasteiger partial charge in [-0.25, -0.2) is 4.79 Å². The standard InChI is InChI=1S/C16H19N3O6/c1-9(17-16(23)24-8-11-6-4-3-5-7-11)13(21)18-12-14(22)19-15(12)25-10(2)20/h3-7,9,12,15H,8H2,1-2H3,(H,17,23)(H,18,21)(H,19,22)/t9-,12+,15-/m0/s1. The van der Waals surface area contributed by atoms with E-state index in [2.05, 4.69) is 16.0 Å². The van der Waals surface area contributed by atoms with Crippen LogP contribution in [0.2, 0.25) is 0 Å². The van der Waals surface area contributed by atoms with Crippen LogP contribution in [0.15, 0.2) is 30.3 Å². The van der Waals surface area contributed by atoms with Crippen molar-refractivity contribution in [1.29, 1.82) is 0 Å². The second-order valence-corrected chi connectivity index (χ2v) is 5.45. The zero-order chi connectivity index (χ0) is 18.4. The summed E-state index contributed by atoms with van der Waals surface area (Å²) in [4.78, 5) is 46.1. The van der Waals surface area contributed by atoms with E-state index in [-0.39, 0.29) is 6.61 Å². The van der Waals surface area contributed by atoms with E-state index in [1.54, 1.807) is 12.1 Å². The van der Waals surface area contributed by atoms with E-state index in [0.717, 1.165) is 5.56 Å². The van der Waals surface area contributed by atoms with Crippen LogP contribution in [0.5, 0.6) is 0 Å². The van der Waals surface area contributed by atoms with Gasteiger partial charge >= 0.3 is 12.1 Å². The minimum absolute atomic E-state index is 0.0700. The summed E-state index contributed by atoms with van der Waals surface area (Å²) < 4.78 is 9.83. The number of benzene rings is 1. The maximum absolute atomic E-state index is 12.0. The molecule has 0 saturated carbocycles. The summed E-state index contributed by atoms with van der Waals surface area (Å²) in [6, 6.07) is 7.15. The molecule has 0 unspecified atom stereocenters. The topological polar surface area (TPSA) is 123 Å².